The summed E-state index contributed by atoms with van der Waals surface area (Å²) in [5.41, 5.74) is -2.24. The molecule has 1 aliphatic rings. The summed E-state index contributed by atoms with van der Waals surface area (Å²) in [5.74, 6) is -5.76. The first-order valence-electron chi connectivity index (χ1n) is 13.0. The Kier molecular flexibility index (Phi) is 10.0. The number of pyridine rings is 1. The van der Waals surface area contributed by atoms with Crippen LogP contribution in [0.1, 0.15) is 60.2 Å². The molecule has 43 heavy (non-hydrogen) atoms. The van der Waals surface area contributed by atoms with Crippen molar-refractivity contribution in [3.05, 3.63) is 35.0 Å². The van der Waals surface area contributed by atoms with Crippen LogP contribution < -0.4 is 10.1 Å². The highest BCUT2D eigenvalue weighted by atomic mass is 32.2. The molecule has 0 radical (unpaired) electrons. The van der Waals surface area contributed by atoms with Crippen LogP contribution in [-0.4, -0.2) is 76.6 Å². The maximum absolute atomic E-state index is 13.3. The Balaban J connectivity index is 1.91. The van der Waals surface area contributed by atoms with Crippen molar-refractivity contribution in [3.63, 3.8) is 0 Å². The van der Waals surface area contributed by atoms with Crippen molar-refractivity contribution >= 4 is 15.7 Å². The number of hydrogen-bond donors (Lipinski definition) is 2. The van der Waals surface area contributed by atoms with Crippen molar-refractivity contribution in [2.75, 3.05) is 12.8 Å². The molecule has 0 unspecified atom stereocenters. The van der Waals surface area contributed by atoms with Gasteiger partial charge < -0.3 is 15.2 Å². The third-order valence-electron chi connectivity index (χ3n) is 7.30. The number of sulfone groups is 1. The van der Waals surface area contributed by atoms with Gasteiger partial charge in [-0.3, -0.25) is 9.36 Å². The lowest BCUT2D eigenvalue weighted by Crippen LogP contribution is -2.47. The predicted octanol–water partition coefficient (Wildman–Crippen LogP) is 4.47. The van der Waals surface area contributed by atoms with Crippen molar-refractivity contribution in [2.24, 2.45) is 5.92 Å². The van der Waals surface area contributed by atoms with E-state index >= 15 is 0 Å². The summed E-state index contributed by atoms with van der Waals surface area (Å²) in [6, 6.07) is 0.597. The van der Waals surface area contributed by atoms with Crippen LogP contribution in [0.4, 0.5) is 35.1 Å². The van der Waals surface area contributed by atoms with Crippen LogP contribution >= 0.6 is 0 Å². The molecule has 0 aromatic carbocycles. The first kappa shape index (κ1) is 34.5. The van der Waals surface area contributed by atoms with Crippen molar-refractivity contribution in [2.45, 2.75) is 82.2 Å². The Morgan fingerprint density at radius 2 is 1.77 bits per heavy atom. The van der Waals surface area contributed by atoms with Gasteiger partial charge in [-0.25, -0.2) is 18.4 Å². The second-order valence-electron chi connectivity index (χ2n) is 10.5. The minimum Gasteiger partial charge on any atom is -0.431 e. The van der Waals surface area contributed by atoms with Crippen LogP contribution in [0, 0.1) is 12.8 Å². The Hall–Kier alpha value is -3.02. The summed E-state index contributed by atoms with van der Waals surface area (Å²) in [4.78, 5) is 21.1. The first-order valence-corrected chi connectivity index (χ1v) is 15.0. The second kappa shape index (κ2) is 12.5. The van der Waals surface area contributed by atoms with E-state index < -0.39 is 75.0 Å². The minimum atomic E-state index is -5.67. The molecule has 1 saturated carbocycles. The molecule has 0 aliphatic heterocycles. The van der Waals surface area contributed by atoms with Gasteiger partial charge in [0.1, 0.15) is 21.4 Å². The van der Waals surface area contributed by atoms with E-state index in [-0.39, 0.29) is 55.9 Å². The van der Waals surface area contributed by atoms with Gasteiger partial charge in [0, 0.05) is 25.4 Å². The molecule has 1 fully saturated rings. The SMILES string of the molecule is CCc1nc(C(=O)NC[C@]2(O)CC[C@@H](S(C)(=O)=O)CC2)c(C)n1-c1ncc(CC(C(F)(F)F)C(F)(F)F)cc1OC(F)F. The smallest absolute Gasteiger partial charge is 0.400 e. The highest BCUT2D eigenvalue weighted by Gasteiger charge is 2.56. The molecular weight excluding hydrogens is 620 g/mol. The molecular formula is C25H30F8N4O5S. The predicted molar refractivity (Wildman–Crippen MR) is 136 cm³/mol. The number of aryl methyl sites for hydroxylation is 1. The van der Waals surface area contributed by atoms with Gasteiger partial charge in [-0.15, -0.1) is 0 Å². The quantitative estimate of drug-likeness (QED) is 0.364. The number of rotatable bonds is 10. The summed E-state index contributed by atoms with van der Waals surface area (Å²) < 4.78 is 134. The zero-order chi connectivity index (χ0) is 32.5. The number of ether oxygens (including phenoxy) is 1. The molecule has 3 rings (SSSR count). The molecule has 2 heterocycles. The molecule has 0 atom stereocenters. The molecule has 2 aromatic heterocycles. The maximum Gasteiger partial charge on any atom is 0.400 e. The highest BCUT2D eigenvalue weighted by molar-refractivity contribution is 7.91. The van der Waals surface area contributed by atoms with Crippen LogP contribution in [-0.2, 0) is 22.7 Å². The number of amides is 1. The van der Waals surface area contributed by atoms with Crippen LogP contribution in [0.25, 0.3) is 5.82 Å². The Bertz CT molecular complexity index is 1400. The van der Waals surface area contributed by atoms with Gasteiger partial charge >= 0.3 is 19.0 Å². The van der Waals surface area contributed by atoms with E-state index in [1.165, 1.54) is 6.92 Å². The fourth-order valence-corrected chi connectivity index (χ4v) is 6.04. The summed E-state index contributed by atoms with van der Waals surface area (Å²) in [6.45, 7) is -0.824. The van der Waals surface area contributed by atoms with Crippen LogP contribution in [0.2, 0.25) is 0 Å². The van der Waals surface area contributed by atoms with E-state index in [4.69, 9.17) is 0 Å². The molecule has 2 aromatic rings. The van der Waals surface area contributed by atoms with Crippen molar-refractivity contribution in [1.29, 1.82) is 0 Å². The third-order valence-corrected chi connectivity index (χ3v) is 8.99. The maximum atomic E-state index is 13.3. The fourth-order valence-electron chi connectivity index (χ4n) is 4.95. The zero-order valence-corrected chi connectivity index (χ0v) is 24.0. The van der Waals surface area contributed by atoms with Gasteiger partial charge in [0.2, 0.25) is 0 Å². The normalized spacial score (nSPS) is 20.1. The molecule has 1 aliphatic carbocycles. The van der Waals surface area contributed by atoms with Crippen LogP contribution in [0.5, 0.6) is 5.75 Å². The molecule has 18 heteroatoms. The first-order chi connectivity index (χ1) is 19.7. The largest absolute Gasteiger partial charge is 0.431 e. The molecule has 9 nitrogen and oxygen atoms in total. The minimum absolute atomic E-state index is 0.0324. The monoisotopic (exact) mass is 650 g/mol. The van der Waals surface area contributed by atoms with Crippen LogP contribution in [0.15, 0.2) is 12.3 Å². The lowest BCUT2D eigenvalue weighted by atomic mass is 9.84. The average molecular weight is 651 g/mol. The van der Waals surface area contributed by atoms with Crippen molar-refractivity contribution < 1.29 is 58.2 Å². The number of halogens is 8. The number of carbonyl (C=O) groups is 1. The zero-order valence-electron chi connectivity index (χ0n) is 23.2. The van der Waals surface area contributed by atoms with E-state index in [2.05, 4.69) is 20.0 Å². The van der Waals surface area contributed by atoms with Gasteiger partial charge in [-0.1, -0.05) is 6.92 Å². The Morgan fingerprint density at radius 3 is 2.26 bits per heavy atom. The molecule has 0 saturated heterocycles. The number of aliphatic hydroxyl groups is 1. The molecule has 0 spiro atoms. The number of carbonyl (C=O) groups excluding carboxylic acids is 1. The van der Waals surface area contributed by atoms with E-state index in [1.807, 2.05) is 0 Å². The van der Waals surface area contributed by atoms with Crippen molar-refractivity contribution in [1.82, 2.24) is 19.9 Å². The lowest BCUT2D eigenvalue weighted by Gasteiger charge is -2.35. The molecule has 0 bridgehead atoms. The number of nitrogens with zero attached hydrogens (tertiary/aromatic N) is 3. The Labute approximate surface area is 241 Å². The van der Waals surface area contributed by atoms with E-state index in [1.54, 1.807) is 6.92 Å². The van der Waals surface area contributed by atoms with Gasteiger partial charge in [-0.2, -0.15) is 35.1 Å². The van der Waals surface area contributed by atoms with Gasteiger partial charge in [-0.05, 0) is 50.7 Å². The average Bonchev–Trinajstić information content (AvgIpc) is 3.20. The number of alkyl halides is 8. The molecule has 242 valence electrons. The summed E-state index contributed by atoms with van der Waals surface area (Å²) in [7, 11) is -3.29. The number of nitrogens with one attached hydrogen (secondary N) is 1. The Morgan fingerprint density at radius 1 is 1.19 bits per heavy atom. The summed E-state index contributed by atoms with van der Waals surface area (Å²) in [6.07, 6.45) is -10.5. The molecule has 2 N–H and O–H groups in total. The van der Waals surface area contributed by atoms with E-state index in [9.17, 15) is 53.4 Å². The lowest BCUT2D eigenvalue weighted by molar-refractivity contribution is -0.283. The second-order valence-corrected chi connectivity index (χ2v) is 12.8. The number of aromatic nitrogens is 3. The highest BCUT2D eigenvalue weighted by Crippen LogP contribution is 2.42. The van der Waals surface area contributed by atoms with E-state index in [0.717, 1.165) is 10.8 Å². The van der Waals surface area contributed by atoms with Gasteiger partial charge in [0.25, 0.3) is 5.91 Å². The molecule has 1 amide bonds. The summed E-state index contributed by atoms with van der Waals surface area (Å²) in [5, 5.41) is 12.8. The number of imidazole rings is 1. The van der Waals surface area contributed by atoms with E-state index in [0.29, 0.717) is 12.3 Å². The third kappa shape index (κ3) is 8.33. The fraction of sp³-hybridized carbons (Fsp3) is 0.640. The number of hydrogen-bond acceptors (Lipinski definition) is 7. The van der Waals surface area contributed by atoms with Gasteiger partial charge in [0.05, 0.1) is 16.5 Å². The van der Waals surface area contributed by atoms with Crippen molar-refractivity contribution in [3.8, 4) is 11.6 Å². The van der Waals surface area contributed by atoms with Gasteiger partial charge in [0.15, 0.2) is 17.5 Å². The summed E-state index contributed by atoms with van der Waals surface area (Å²) >= 11 is 0. The van der Waals surface area contributed by atoms with Crippen LogP contribution in [0.3, 0.4) is 0 Å². The topological polar surface area (TPSA) is 123 Å². The standard InChI is InChI=1S/C25H30F8N4O5S/c1-4-18-36-19(21(38)35-12-23(39)7-5-15(6-8-23)43(3,40)41)13(2)37(18)20-16(42-22(26)27)9-14(11-34-20)10-17(24(28,29)30)25(31,32)33/h9,11,15,17,22,39H,4-8,10,12H2,1-3H3,(H,35,38)/t15-,23+.